The molecule has 2 N–H and O–H groups in total. The number of hydrogen-bond donors (Lipinski definition) is 2. The van der Waals surface area contributed by atoms with Gasteiger partial charge in [0.2, 0.25) is 5.91 Å². The highest BCUT2D eigenvalue weighted by molar-refractivity contribution is 8.00. The Labute approximate surface area is 165 Å². The summed E-state index contributed by atoms with van der Waals surface area (Å²) in [4.78, 5) is 24.9. The number of fused-ring (bicyclic) bond motifs is 1. The first-order chi connectivity index (χ1) is 13.1. The van der Waals surface area contributed by atoms with Crippen LogP contribution in [0.3, 0.4) is 0 Å². The summed E-state index contributed by atoms with van der Waals surface area (Å²) < 4.78 is 5.78. The topological polar surface area (TPSA) is 71.3 Å². The van der Waals surface area contributed by atoms with E-state index in [1.807, 2.05) is 30.3 Å². The zero-order valence-electron chi connectivity index (χ0n) is 14.1. The van der Waals surface area contributed by atoms with Crippen LogP contribution in [0.4, 0.5) is 5.69 Å². The number of rotatable bonds is 4. The lowest BCUT2D eigenvalue weighted by Crippen LogP contribution is -2.24. The van der Waals surface area contributed by atoms with Crippen molar-refractivity contribution in [3.63, 3.8) is 0 Å². The summed E-state index contributed by atoms with van der Waals surface area (Å²) in [7, 11) is 0. The van der Waals surface area contributed by atoms with Gasteiger partial charge in [-0.3, -0.25) is 9.59 Å². The zero-order chi connectivity index (χ0) is 18.8. The highest BCUT2D eigenvalue weighted by atomic mass is 35.5. The summed E-state index contributed by atoms with van der Waals surface area (Å²) in [5.74, 6) is 1.47. The van der Waals surface area contributed by atoms with Gasteiger partial charge in [-0.15, -0.1) is 11.8 Å². The van der Waals surface area contributed by atoms with Crippen LogP contribution in [0.25, 0.3) is 11.3 Å². The fourth-order valence-electron chi connectivity index (χ4n) is 2.74. The van der Waals surface area contributed by atoms with Crippen LogP contribution in [0.15, 0.2) is 63.9 Å². The fourth-order valence-corrected chi connectivity index (χ4v) is 3.65. The molecule has 2 amide bonds. The number of thioether (sulfide) groups is 1. The molecule has 136 valence electrons. The van der Waals surface area contributed by atoms with Gasteiger partial charge in [0.15, 0.2) is 0 Å². The first-order valence-electron chi connectivity index (χ1n) is 8.28. The number of carbonyl (C=O) groups is 2. The second kappa shape index (κ2) is 7.50. The van der Waals surface area contributed by atoms with Gasteiger partial charge in [-0.05, 0) is 54.6 Å². The molecule has 4 rings (SSSR count). The maximum Gasteiger partial charge on any atom is 0.251 e. The van der Waals surface area contributed by atoms with Crippen molar-refractivity contribution < 1.29 is 14.0 Å². The number of halogens is 1. The number of amides is 2. The number of anilines is 1. The van der Waals surface area contributed by atoms with E-state index in [1.165, 1.54) is 11.8 Å². The van der Waals surface area contributed by atoms with Crippen molar-refractivity contribution >= 4 is 40.9 Å². The molecule has 0 spiro atoms. The van der Waals surface area contributed by atoms with Crippen LogP contribution < -0.4 is 10.6 Å². The summed E-state index contributed by atoms with van der Waals surface area (Å²) in [5, 5.41) is 6.28. The van der Waals surface area contributed by atoms with Gasteiger partial charge >= 0.3 is 0 Å². The third kappa shape index (κ3) is 4.02. The Morgan fingerprint density at radius 2 is 1.96 bits per heavy atom. The fraction of sp³-hybridized carbons (Fsp3) is 0.100. The van der Waals surface area contributed by atoms with Crippen molar-refractivity contribution in [2.75, 3.05) is 11.1 Å². The van der Waals surface area contributed by atoms with E-state index in [4.69, 9.17) is 16.0 Å². The summed E-state index contributed by atoms with van der Waals surface area (Å²) >= 11 is 7.36. The average Bonchev–Trinajstić information content (AvgIpc) is 3.15. The summed E-state index contributed by atoms with van der Waals surface area (Å²) in [6, 6.07) is 16.3. The molecule has 0 saturated heterocycles. The minimum Gasteiger partial charge on any atom is -0.459 e. The van der Waals surface area contributed by atoms with Gasteiger partial charge in [-0.25, -0.2) is 0 Å². The van der Waals surface area contributed by atoms with Gasteiger partial charge in [0.1, 0.15) is 11.5 Å². The largest absolute Gasteiger partial charge is 0.459 e. The van der Waals surface area contributed by atoms with Crippen molar-refractivity contribution in [2.24, 2.45) is 0 Å². The molecule has 2 aromatic carbocycles. The monoisotopic (exact) mass is 398 g/mol. The molecule has 0 bridgehead atoms. The molecule has 0 atom stereocenters. The molecular weight excluding hydrogens is 384 g/mol. The Morgan fingerprint density at radius 3 is 2.78 bits per heavy atom. The summed E-state index contributed by atoms with van der Waals surface area (Å²) in [6.07, 6.45) is 0. The average molecular weight is 399 g/mol. The lowest BCUT2D eigenvalue weighted by molar-refractivity contribution is -0.113. The van der Waals surface area contributed by atoms with Crippen LogP contribution in [-0.4, -0.2) is 17.6 Å². The van der Waals surface area contributed by atoms with Crippen LogP contribution in [0.2, 0.25) is 5.02 Å². The molecule has 0 fully saturated rings. The molecule has 0 unspecified atom stereocenters. The molecule has 3 aromatic rings. The molecular formula is C20H15ClN2O3S. The van der Waals surface area contributed by atoms with Crippen molar-refractivity contribution in [1.29, 1.82) is 0 Å². The van der Waals surface area contributed by atoms with E-state index in [0.29, 0.717) is 33.5 Å². The number of carbonyl (C=O) groups excluding carboxylic acids is 2. The highest BCUT2D eigenvalue weighted by Crippen LogP contribution is 2.32. The SMILES string of the molecule is O=C1CSc2ccc(C(=O)NCc3ccc(-c4ccc(Cl)cc4)o3)cc2N1. The normalized spacial score (nSPS) is 13.0. The zero-order valence-corrected chi connectivity index (χ0v) is 15.7. The molecule has 27 heavy (non-hydrogen) atoms. The molecule has 1 aromatic heterocycles. The lowest BCUT2D eigenvalue weighted by atomic mass is 10.2. The minimum absolute atomic E-state index is 0.0598. The van der Waals surface area contributed by atoms with E-state index in [2.05, 4.69) is 10.6 Å². The number of furan rings is 1. The predicted octanol–water partition coefficient (Wildman–Crippen LogP) is 4.57. The smallest absolute Gasteiger partial charge is 0.251 e. The molecule has 0 radical (unpaired) electrons. The lowest BCUT2D eigenvalue weighted by Gasteiger charge is -2.16. The molecule has 1 aliphatic rings. The molecule has 2 heterocycles. The van der Waals surface area contributed by atoms with Crippen LogP contribution in [-0.2, 0) is 11.3 Å². The van der Waals surface area contributed by atoms with Gasteiger partial charge < -0.3 is 15.1 Å². The first-order valence-corrected chi connectivity index (χ1v) is 9.64. The number of nitrogens with one attached hydrogen (secondary N) is 2. The molecule has 7 heteroatoms. The third-order valence-electron chi connectivity index (χ3n) is 4.09. The van der Waals surface area contributed by atoms with Gasteiger partial charge in [-0.2, -0.15) is 0 Å². The molecule has 0 saturated carbocycles. The highest BCUT2D eigenvalue weighted by Gasteiger charge is 2.17. The van der Waals surface area contributed by atoms with Crippen molar-refractivity contribution in [3.05, 3.63) is 70.9 Å². The third-order valence-corrected chi connectivity index (χ3v) is 5.41. The van der Waals surface area contributed by atoms with Crippen LogP contribution in [0.5, 0.6) is 0 Å². The van der Waals surface area contributed by atoms with Gasteiger partial charge in [0, 0.05) is 21.0 Å². The maximum absolute atomic E-state index is 12.4. The van der Waals surface area contributed by atoms with Crippen LogP contribution in [0.1, 0.15) is 16.1 Å². The maximum atomic E-state index is 12.4. The standard InChI is InChI=1S/C20H15ClN2O3S/c21-14-4-1-12(2-5-14)17-7-6-15(26-17)10-22-20(25)13-3-8-18-16(9-13)23-19(24)11-27-18/h1-9H,10-11H2,(H,22,25)(H,23,24). The summed E-state index contributed by atoms with van der Waals surface area (Å²) in [6.45, 7) is 0.268. The number of benzene rings is 2. The van der Waals surface area contributed by atoms with Crippen molar-refractivity contribution in [1.82, 2.24) is 5.32 Å². The van der Waals surface area contributed by atoms with Gasteiger partial charge in [-0.1, -0.05) is 11.6 Å². The van der Waals surface area contributed by atoms with Crippen LogP contribution >= 0.6 is 23.4 Å². The second-order valence-electron chi connectivity index (χ2n) is 6.00. The van der Waals surface area contributed by atoms with Crippen molar-refractivity contribution in [2.45, 2.75) is 11.4 Å². The van der Waals surface area contributed by atoms with Crippen molar-refractivity contribution in [3.8, 4) is 11.3 Å². The second-order valence-corrected chi connectivity index (χ2v) is 7.46. The molecule has 0 aliphatic carbocycles. The van der Waals surface area contributed by atoms with Gasteiger partial charge in [0.25, 0.3) is 5.91 Å². The quantitative estimate of drug-likeness (QED) is 0.675. The van der Waals surface area contributed by atoms with E-state index < -0.39 is 0 Å². The predicted molar refractivity (Wildman–Crippen MR) is 106 cm³/mol. The van der Waals surface area contributed by atoms with E-state index in [-0.39, 0.29) is 18.4 Å². The number of hydrogen-bond acceptors (Lipinski definition) is 4. The summed E-state index contributed by atoms with van der Waals surface area (Å²) in [5.41, 5.74) is 2.08. The van der Waals surface area contributed by atoms with E-state index in [1.54, 1.807) is 24.3 Å². The Balaban J connectivity index is 1.42. The van der Waals surface area contributed by atoms with Crippen LogP contribution in [0, 0.1) is 0 Å². The molecule has 1 aliphatic heterocycles. The van der Waals surface area contributed by atoms with Gasteiger partial charge in [0.05, 0.1) is 18.0 Å². The first kappa shape index (κ1) is 17.7. The van der Waals surface area contributed by atoms with E-state index in [9.17, 15) is 9.59 Å². The Hall–Kier alpha value is -2.70. The Kier molecular flexibility index (Phi) is 4.92. The Bertz CT molecular complexity index is 1010. The minimum atomic E-state index is -0.230. The Morgan fingerprint density at radius 1 is 1.15 bits per heavy atom. The molecule has 5 nitrogen and oxygen atoms in total. The van der Waals surface area contributed by atoms with E-state index >= 15 is 0 Å². The van der Waals surface area contributed by atoms with E-state index in [0.717, 1.165) is 10.5 Å².